The molecule has 0 aromatic heterocycles. The summed E-state index contributed by atoms with van der Waals surface area (Å²) in [6.07, 6.45) is -0.475. The zero-order valence-electron chi connectivity index (χ0n) is 8.70. The molecule has 0 saturated carbocycles. The van der Waals surface area contributed by atoms with E-state index in [0.29, 0.717) is 0 Å². The second-order valence-electron chi connectivity index (χ2n) is 3.86. The highest BCUT2D eigenvalue weighted by molar-refractivity contribution is 5.18. The average Bonchev–Trinajstić information content (AvgIpc) is 2.33. The topological polar surface area (TPSA) is 58.9 Å². The lowest BCUT2D eigenvalue weighted by Crippen LogP contribution is -2.37. The zero-order valence-corrected chi connectivity index (χ0v) is 8.70. The summed E-state index contributed by atoms with van der Waals surface area (Å²) >= 11 is 0. The van der Waals surface area contributed by atoms with Gasteiger partial charge in [-0.3, -0.25) is 0 Å². The fourth-order valence-corrected chi connectivity index (χ4v) is 1.59. The van der Waals surface area contributed by atoms with Crippen LogP contribution in [0, 0.1) is 11.8 Å². The number of aliphatic hydroxyl groups is 2. The monoisotopic (exact) mass is 200 g/mol. The van der Waals surface area contributed by atoms with Crippen LogP contribution in [0.1, 0.15) is 20.8 Å². The Labute approximate surface area is 83.8 Å². The summed E-state index contributed by atoms with van der Waals surface area (Å²) < 4.78 is 11.0. The molecular formula is C10H16O4. The van der Waals surface area contributed by atoms with E-state index in [-0.39, 0.29) is 13.2 Å². The van der Waals surface area contributed by atoms with E-state index in [1.807, 2.05) is 0 Å². The van der Waals surface area contributed by atoms with Gasteiger partial charge in [0.15, 0.2) is 11.4 Å². The molecule has 4 heteroatoms. The Balaban J connectivity index is 2.86. The first-order chi connectivity index (χ1) is 6.43. The number of ether oxygens (including phenoxy) is 2. The maximum atomic E-state index is 9.10. The van der Waals surface area contributed by atoms with Gasteiger partial charge in [0.1, 0.15) is 12.7 Å². The molecule has 0 aromatic carbocycles. The van der Waals surface area contributed by atoms with Gasteiger partial charge in [-0.25, -0.2) is 0 Å². The largest absolute Gasteiger partial charge is 0.394 e. The van der Waals surface area contributed by atoms with Crippen LogP contribution in [0.4, 0.5) is 0 Å². The minimum Gasteiger partial charge on any atom is -0.394 e. The highest BCUT2D eigenvalue weighted by Gasteiger charge is 2.49. The van der Waals surface area contributed by atoms with E-state index in [1.54, 1.807) is 20.8 Å². The molecule has 0 aromatic rings. The van der Waals surface area contributed by atoms with E-state index in [9.17, 15) is 0 Å². The Kier molecular flexibility index (Phi) is 3.17. The summed E-state index contributed by atoms with van der Waals surface area (Å²) in [5.41, 5.74) is -0.846. The molecule has 0 bridgehead atoms. The molecule has 1 rings (SSSR count). The van der Waals surface area contributed by atoms with Crippen LogP contribution in [0.3, 0.4) is 0 Å². The Bertz CT molecular complexity index is 263. The molecule has 2 N–H and O–H groups in total. The molecule has 80 valence electrons. The molecule has 1 aliphatic heterocycles. The summed E-state index contributed by atoms with van der Waals surface area (Å²) in [6, 6.07) is 0. The van der Waals surface area contributed by atoms with Crippen LogP contribution >= 0.6 is 0 Å². The molecule has 1 fully saturated rings. The standard InChI is InChI=1S/C10H16O4/c1-9(2)13-8(7-12)10(3,14-9)5-4-6-11/h8,11-12H,6-7H2,1-3H3/t8-,10-/m0/s1. The molecule has 14 heavy (non-hydrogen) atoms. The van der Waals surface area contributed by atoms with E-state index in [2.05, 4.69) is 11.8 Å². The quantitative estimate of drug-likeness (QED) is 0.580. The molecule has 1 aliphatic rings. The molecule has 4 nitrogen and oxygen atoms in total. The van der Waals surface area contributed by atoms with Crippen molar-refractivity contribution in [3.63, 3.8) is 0 Å². The first-order valence-electron chi connectivity index (χ1n) is 4.53. The summed E-state index contributed by atoms with van der Waals surface area (Å²) in [5.74, 6) is 4.54. The van der Waals surface area contributed by atoms with Crippen LogP contribution in [-0.2, 0) is 9.47 Å². The van der Waals surface area contributed by atoms with Crippen molar-refractivity contribution in [1.82, 2.24) is 0 Å². The van der Waals surface area contributed by atoms with Crippen molar-refractivity contribution in [3.8, 4) is 11.8 Å². The summed E-state index contributed by atoms with van der Waals surface area (Å²) in [7, 11) is 0. The number of hydrogen-bond acceptors (Lipinski definition) is 4. The van der Waals surface area contributed by atoms with E-state index in [0.717, 1.165) is 0 Å². The van der Waals surface area contributed by atoms with Gasteiger partial charge in [0, 0.05) is 0 Å². The van der Waals surface area contributed by atoms with Crippen LogP contribution in [0.5, 0.6) is 0 Å². The maximum Gasteiger partial charge on any atom is 0.165 e. The van der Waals surface area contributed by atoms with Crippen molar-refractivity contribution in [1.29, 1.82) is 0 Å². The average molecular weight is 200 g/mol. The molecule has 0 amide bonds. The fraction of sp³-hybridized carbons (Fsp3) is 0.800. The summed E-state index contributed by atoms with van der Waals surface area (Å²) in [4.78, 5) is 0. The van der Waals surface area contributed by atoms with Gasteiger partial charge in [-0.05, 0) is 20.8 Å². The molecule has 0 aliphatic carbocycles. The third-order valence-corrected chi connectivity index (χ3v) is 2.08. The Morgan fingerprint density at radius 3 is 2.43 bits per heavy atom. The summed E-state index contributed by atoms with van der Waals surface area (Å²) in [6.45, 7) is 4.89. The highest BCUT2D eigenvalue weighted by atomic mass is 16.8. The Morgan fingerprint density at radius 2 is 1.93 bits per heavy atom. The molecule has 1 heterocycles. The normalized spacial score (nSPS) is 35.1. The molecule has 0 radical (unpaired) electrons. The minimum atomic E-state index is -0.846. The smallest absolute Gasteiger partial charge is 0.165 e. The van der Waals surface area contributed by atoms with Crippen LogP contribution in [0.2, 0.25) is 0 Å². The van der Waals surface area contributed by atoms with Crippen molar-refractivity contribution in [2.24, 2.45) is 0 Å². The van der Waals surface area contributed by atoms with Crippen molar-refractivity contribution in [2.75, 3.05) is 13.2 Å². The van der Waals surface area contributed by atoms with Crippen LogP contribution < -0.4 is 0 Å². The van der Waals surface area contributed by atoms with Crippen molar-refractivity contribution in [2.45, 2.75) is 38.3 Å². The van der Waals surface area contributed by atoms with E-state index < -0.39 is 17.5 Å². The molecule has 1 saturated heterocycles. The fourth-order valence-electron chi connectivity index (χ4n) is 1.59. The van der Waals surface area contributed by atoms with Crippen LogP contribution in [0.15, 0.2) is 0 Å². The number of hydrogen-bond donors (Lipinski definition) is 2. The highest BCUT2D eigenvalue weighted by Crippen LogP contribution is 2.35. The zero-order chi connectivity index (χ0) is 10.8. The summed E-state index contributed by atoms with van der Waals surface area (Å²) in [5, 5.41) is 17.7. The first kappa shape index (κ1) is 11.5. The van der Waals surface area contributed by atoms with Gasteiger partial charge in [0.05, 0.1) is 6.61 Å². The van der Waals surface area contributed by atoms with Gasteiger partial charge in [-0.1, -0.05) is 11.8 Å². The Hall–Kier alpha value is -0.600. The molecule has 0 unspecified atom stereocenters. The minimum absolute atomic E-state index is 0.153. The lowest BCUT2D eigenvalue weighted by Gasteiger charge is -2.21. The third kappa shape index (κ3) is 2.25. The Morgan fingerprint density at radius 1 is 1.29 bits per heavy atom. The van der Waals surface area contributed by atoms with Gasteiger partial charge < -0.3 is 19.7 Å². The second-order valence-corrected chi connectivity index (χ2v) is 3.86. The predicted molar refractivity (Wildman–Crippen MR) is 50.4 cm³/mol. The van der Waals surface area contributed by atoms with E-state index in [4.69, 9.17) is 19.7 Å². The van der Waals surface area contributed by atoms with Crippen molar-refractivity contribution in [3.05, 3.63) is 0 Å². The van der Waals surface area contributed by atoms with E-state index in [1.165, 1.54) is 0 Å². The van der Waals surface area contributed by atoms with Crippen molar-refractivity contribution < 1.29 is 19.7 Å². The third-order valence-electron chi connectivity index (χ3n) is 2.08. The van der Waals surface area contributed by atoms with E-state index >= 15 is 0 Å². The maximum absolute atomic E-state index is 9.10. The lowest BCUT2D eigenvalue weighted by molar-refractivity contribution is -0.154. The molecule has 0 spiro atoms. The predicted octanol–water partition coefficient (Wildman–Crippen LogP) is -0.115. The first-order valence-corrected chi connectivity index (χ1v) is 4.53. The SMILES string of the molecule is CC1(C)O[C@@H](CO)[C@](C)(C#CCO)O1. The molecule has 2 atom stereocenters. The van der Waals surface area contributed by atoms with Gasteiger partial charge in [0.25, 0.3) is 0 Å². The molecular weight excluding hydrogens is 184 g/mol. The van der Waals surface area contributed by atoms with Gasteiger partial charge >= 0.3 is 0 Å². The van der Waals surface area contributed by atoms with Crippen LogP contribution in [0.25, 0.3) is 0 Å². The second kappa shape index (κ2) is 3.87. The van der Waals surface area contributed by atoms with Crippen molar-refractivity contribution >= 4 is 0 Å². The van der Waals surface area contributed by atoms with Gasteiger partial charge in [-0.2, -0.15) is 0 Å². The van der Waals surface area contributed by atoms with Gasteiger partial charge in [0.2, 0.25) is 0 Å². The van der Waals surface area contributed by atoms with Gasteiger partial charge in [-0.15, -0.1) is 0 Å². The lowest BCUT2D eigenvalue weighted by atomic mass is 10.0. The number of rotatable bonds is 1. The number of aliphatic hydroxyl groups excluding tert-OH is 2. The van der Waals surface area contributed by atoms with Crippen LogP contribution in [-0.4, -0.2) is 40.9 Å².